The lowest BCUT2D eigenvalue weighted by Gasteiger charge is -2.23. The van der Waals surface area contributed by atoms with Crippen molar-refractivity contribution in [2.45, 2.75) is 19.6 Å². The van der Waals surface area contributed by atoms with Crippen LogP contribution in [-0.4, -0.2) is 46.4 Å². The van der Waals surface area contributed by atoms with Gasteiger partial charge in [-0.3, -0.25) is 4.79 Å². The third-order valence-electron chi connectivity index (χ3n) is 2.42. The summed E-state index contributed by atoms with van der Waals surface area (Å²) in [4.78, 5) is 12.5. The Kier molecular flexibility index (Phi) is 4.77. The third-order valence-corrected chi connectivity index (χ3v) is 2.42. The molecule has 7 heteroatoms. The quantitative estimate of drug-likeness (QED) is 0.876. The Morgan fingerprint density at radius 1 is 1.50 bits per heavy atom. The van der Waals surface area contributed by atoms with Crippen LogP contribution in [0.15, 0.2) is 18.3 Å². The Balaban J connectivity index is 2.89. The second-order valence-electron chi connectivity index (χ2n) is 3.74. The van der Waals surface area contributed by atoms with E-state index in [-0.39, 0.29) is 12.2 Å². The van der Waals surface area contributed by atoms with E-state index in [9.17, 15) is 18.0 Å². The van der Waals surface area contributed by atoms with Crippen molar-refractivity contribution in [2.24, 2.45) is 0 Å². The molecule has 18 heavy (non-hydrogen) atoms. The van der Waals surface area contributed by atoms with Gasteiger partial charge in [0.05, 0.1) is 6.61 Å². The zero-order valence-corrected chi connectivity index (χ0v) is 9.94. The number of alkyl halides is 3. The molecule has 102 valence electrons. The number of nitrogens with zero attached hydrogens (tertiary/aromatic N) is 2. The molecule has 0 radical (unpaired) electrons. The van der Waals surface area contributed by atoms with Gasteiger partial charge in [-0.25, -0.2) is 0 Å². The highest BCUT2D eigenvalue weighted by atomic mass is 19.4. The number of aliphatic hydroxyl groups excluding tert-OH is 1. The highest BCUT2D eigenvalue weighted by Gasteiger charge is 2.33. The maximum atomic E-state index is 12.3. The van der Waals surface area contributed by atoms with E-state index in [1.165, 1.54) is 6.07 Å². The molecule has 0 saturated heterocycles. The summed E-state index contributed by atoms with van der Waals surface area (Å²) in [6.07, 6.45) is -2.85. The summed E-state index contributed by atoms with van der Waals surface area (Å²) in [5.41, 5.74) is 0.190. The number of hydrogen-bond acceptors (Lipinski definition) is 2. The van der Waals surface area contributed by atoms with Crippen LogP contribution in [0.5, 0.6) is 0 Å². The van der Waals surface area contributed by atoms with Crippen LogP contribution < -0.4 is 0 Å². The van der Waals surface area contributed by atoms with E-state index in [4.69, 9.17) is 5.11 Å². The molecule has 0 fully saturated rings. The van der Waals surface area contributed by atoms with E-state index in [1.807, 2.05) is 0 Å². The first-order valence-corrected chi connectivity index (χ1v) is 5.51. The molecule has 0 unspecified atom stereocenters. The van der Waals surface area contributed by atoms with Crippen LogP contribution in [0.3, 0.4) is 0 Å². The van der Waals surface area contributed by atoms with Gasteiger partial charge in [-0.1, -0.05) is 0 Å². The molecule has 0 aliphatic heterocycles. The van der Waals surface area contributed by atoms with Gasteiger partial charge in [0.2, 0.25) is 0 Å². The fourth-order valence-electron chi connectivity index (χ4n) is 1.64. The minimum Gasteiger partial charge on any atom is -0.395 e. The highest BCUT2D eigenvalue weighted by molar-refractivity contribution is 5.92. The molecule has 0 bridgehead atoms. The van der Waals surface area contributed by atoms with Crippen molar-refractivity contribution < 1.29 is 23.1 Å². The zero-order valence-electron chi connectivity index (χ0n) is 9.94. The van der Waals surface area contributed by atoms with Gasteiger partial charge in [-0.05, 0) is 19.1 Å². The first-order chi connectivity index (χ1) is 8.39. The molecule has 0 aliphatic rings. The SMILES string of the molecule is CCn1cccc1C(=O)N(CCO)CC(F)(F)F. The average molecular weight is 264 g/mol. The summed E-state index contributed by atoms with van der Waals surface area (Å²) in [5, 5.41) is 8.74. The number of aliphatic hydroxyl groups is 1. The topological polar surface area (TPSA) is 45.5 Å². The second-order valence-corrected chi connectivity index (χ2v) is 3.74. The van der Waals surface area contributed by atoms with Crippen LogP contribution >= 0.6 is 0 Å². The van der Waals surface area contributed by atoms with Crippen LogP contribution in [0, 0.1) is 0 Å². The molecule has 0 atom stereocenters. The predicted molar refractivity (Wildman–Crippen MR) is 59.2 cm³/mol. The fraction of sp³-hybridized carbons (Fsp3) is 0.545. The zero-order chi connectivity index (χ0) is 13.8. The number of hydrogen-bond donors (Lipinski definition) is 1. The van der Waals surface area contributed by atoms with Crippen molar-refractivity contribution in [3.8, 4) is 0 Å². The summed E-state index contributed by atoms with van der Waals surface area (Å²) in [5.74, 6) is -0.728. The van der Waals surface area contributed by atoms with Crippen molar-refractivity contribution in [3.63, 3.8) is 0 Å². The third kappa shape index (κ3) is 3.76. The number of aromatic nitrogens is 1. The van der Waals surface area contributed by atoms with Gasteiger partial charge < -0.3 is 14.6 Å². The van der Waals surface area contributed by atoms with E-state index < -0.39 is 25.2 Å². The van der Waals surface area contributed by atoms with Crippen LogP contribution in [0.1, 0.15) is 17.4 Å². The molecule has 1 N–H and O–H groups in total. The van der Waals surface area contributed by atoms with Gasteiger partial charge in [-0.15, -0.1) is 0 Å². The minimum absolute atomic E-state index is 0.190. The van der Waals surface area contributed by atoms with Crippen molar-refractivity contribution in [1.29, 1.82) is 0 Å². The molecule has 4 nitrogen and oxygen atoms in total. The number of carbonyl (C=O) groups excluding carboxylic acids is 1. The standard InChI is InChI=1S/C11H15F3N2O2/c1-2-15-5-3-4-9(15)10(18)16(6-7-17)8-11(12,13)14/h3-5,17H,2,6-8H2,1H3. The van der Waals surface area contributed by atoms with Gasteiger partial charge in [0.25, 0.3) is 5.91 Å². The van der Waals surface area contributed by atoms with Gasteiger partial charge >= 0.3 is 6.18 Å². The molecular weight excluding hydrogens is 249 g/mol. The van der Waals surface area contributed by atoms with E-state index in [0.29, 0.717) is 11.4 Å². The highest BCUT2D eigenvalue weighted by Crippen LogP contribution is 2.18. The molecule has 1 amide bonds. The lowest BCUT2D eigenvalue weighted by molar-refractivity contribution is -0.141. The van der Waals surface area contributed by atoms with E-state index in [2.05, 4.69) is 0 Å². The van der Waals surface area contributed by atoms with Crippen LogP contribution in [0.4, 0.5) is 13.2 Å². The largest absolute Gasteiger partial charge is 0.406 e. The fourth-order valence-corrected chi connectivity index (χ4v) is 1.64. The summed E-state index contributed by atoms with van der Waals surface area (Å²) in [7, 11) is 0. The van der Waals surface area contributed by atoms with Crippen molar-refractivity contribution in [1.82, 2.24) is 9.47 Å². The molecule has 0 aromatic carbocycles. The lowest BCUT2D eigenvalue weighted by Crippen LogP contribution is -2.41. The van der Waals surface area contributed by atoms with Crippen LogP contribution in [-0.2, 0) is 6.54 Å². The van der Waals surface area contributed by atoms with Gasteiger partial charge in [-0.2, -0.15) is 13.2 Å². The molecule has 1 aromatic rings. The summed E-state index contributed by atoms with van der Waals surface area (Å²) in [6, 6.07) is 3.06. The molecule has 0 spiro atoms. The van der Waals surface area contributed by atoms with Crippen LogP contribution in [0.25, 0.3) is 0 Å². The maximum Gasteiger partial charge on any atom is 0.406 e. The number of aryl methyl sites for hydroxylation is 1. The number of carbonyl (C=O) groups is 1. The molecule has 0 saturated carbocycles. The van der Waals surface area contributed by atoms with Crippen LogP contribution in [0.2, 0.25) is 0 Å². The Morgan fingerprint density at radius 2 is 2.17 bits per heavy atom. The molecular formula is C11H15F3N2O2. The smallest absolute Gasteiger partial charge is 0.395 e. The number of amides is 1. The normalized spacial score (nSPS) is 11.6. The summed E-state index contributed by atoms with van der Waals surface area (Å²) in [6.45, 7) is 0.0765. The monoisotopic (exact) mass is 264 g/mol. The molecule has 1 rings (SSSR count). The molecule has 0 aliphatic carbocycles. The maximum absolute atomic E-state index is 12.3. The second kappa shape index (κ2) is 5.90. The van der Waals surface area contributed by atoms with Crippen molar-refractivity contribution in [3.05, 3.63) is 24.0 Å². The first-order valence-electron chi connectivity index (χ1n) is 5.51. The van der Waals surface area contributed by atoms with E-state index in [1.54, 1.807) is 23.8 Å². The number of rotatable bonds is 5. The van der Waals surface area contributed by atoms with E-state index in [0.717, 1.165) is 0 Å². The minimum atomic E-state index is -4.48. The Morgan fingerprint density at radius 3 is 2.67 bits per heavy atom. The summed E-state index contributed by atoms with van der Waals surface area (Å²) >= 11 is 0. The first kappa shape index (κ1) is 14.6. The van der Waals surface area contributed by atoms with Crippen molar-refractivity contribution in [2.75, 3.05) is 19.7 Å². The Hall–Kier alpha value is -1.50. The van der Waals surface area contributed by atoms with Gasteiger partial charge in [0.15, 0.2) is 0 Å². The van der Waals surface area contributed by atoms with Gasteiger partial charge in [0, 0.05) is 19.3 Å². The average Bonchev–Trinajstić information content (AvgIpc) is 2.73. The Labute approximate surface area is 103 Å². The molecule has 1 heterocycles. The lowest BCUT2D eigenvalue weighted by atomic mass is 10.3. The van der Waals surface area contributed by atoms with Gasteiger partial charge in [0.1, 0.15) is 12.2 Å². The Bertz CT molecular complexity index is 401. The number of halogens is 3. The molecule has 1 aromatic heterocycles. The van der Waals surface area contributed by atoms with E-state index >= 15 is 0 Å². The van der Waals surface area contributed by atoms with Crippen molar-refractivity contribution >= 4 is 5.91 Å². The predicted octanol–water partition coefficient (Wildman–Crippen LogP) is 1.50. The summed E-state index contributed by atoms with van der Waals surface area (Å²) < 4.78 is 38.6.